The van der Waals surface area contributed by atoms with Crippen LogP contribution in [0.1, 0.15) is 26.2 Å². The molecule has 3 fully saturated rings. The van der Waals surface area contributed by atoms with Crippen molar-refractivity contribution in [2.24, 2.45) is 0 Å². The number of esters is 3. The molecule has 30 heavy (non-hydrogen) atoms. The fraction of sp³-hybridized carbons (Fsp3) is 0.850. The van der Waals surface area contributed by atoms with Crippen molar-refractivity contribution >= 4 is 17.9 Å². The third-order valence-electron chi connectivity index (χ3n) is 5.55. The molecule has 0 spiro atoms. The largest absolute Gasteiger partial charge is 0.461 e. The van der Waals surface area contributed by atoms with Gasteiger partial charge in [0.15, 0.2) is 0 Å². The van der Waals surface area contributed by atoms with E-state index in [1.54, 1.807) is 0 Å². The third kappa shape index (κ3) is 8.17. The van der Waals surface area contributed by atoms with Crippen molar-refractivity contribution in [3.63, 3.8) is 0 Å². The zero-order valence-electron chi connectivity index (χ0n) is 17.7. The summed E-state index contributed by atoms with van der Waals surface area (Å²) in [5, 5.41) is 9.95. The highest BCUT2D eigenvalue weighted by molar-refractivity contribution is 5.72. The van der Waals surface area contributed by atoms with Crippen LogP contribution in [0.2, 0.25) is 0 Å². The highest BCUT2D eigenvalue weighted by atomic mass is 16.6. The van der Waals surface area contributed by atoms with E-state index in [2.05, 4.69) is 21.6 Å². The van der Waals surface area contributed by atoms with E-state index in [0.717, 1.165) is 32.7 Å². The summed E-state index contributed by atoms with van der Waals surface area (Å²) in [5.41, 5.74) is -1.59. The zero-order chi connectivity index (χ0) is 21.6. The smallest absolute Gasteiger partial charge is 0.307 e. The lowest BCUT2D eigenvalue weighted by Gasteiger charge is -2.30. The van der Waals surface area contributed by atoms with Gasteiger partial charge in [0, 0.05) is 58.4 Å². The Morgan fingerprint density at radius 2 is 1.33 bits per heavy atom. The predicted molar refractivity (Wildman–Crippen MR) is 106 cm³/mol. The lowest BCUT2D eigenvalue weighted by Crippen LogP contribution is -2.49. The lowest BCUT2D eigenvalue weighted by molar-refractivity contribution is -0.191. The van der Waals surface area contributed by atoms with Crippen LogP contribution in [-0.4, -0.2) is 122 Å². The Morgan fingerprint density at radius 1 is 0.867 bits per heavy atom. The standard InChI is InChI=1S/C20H33N3O7/c1-16-12-23(16)7-4-18(26)29-15-20(13-24,30-19(27)3-6-22-10-11-22)14-28-17(25)2-5-21-8-9-21/h16,24H,2-15H2,1H3. The highest BCUT2D eigenvalue weighted by Gasteiger charge is 2.38. The number of rotatable bonds is 15. The van der Waals surface area contributed by atoms with Crippen LogP contribution in [0.4, 0.5) is 0 Å². The summed E-state index contributed by atoms with van der Waals surface area (Å²) in [6.45, 7) is 7.40. The van der Waals surface area contributed by atoms with Crippen molar-refractivity contribution < 1.29 is 33.7 Å². The number of hydrogen-bond acceptors (Lipinski definition) is 10. The summed E-state index contributed by atoms with van der Waals surface area (Å²) >= 11 is 0. The van der Waals surface area contributed by atoms with E-state index in [1.165, 1.54) is 0 Å². The Morgan fingerprint density at radius 3 is 1.77 bits per heavy atom. The molecule has 10 nitrogen and oxygen atoms in total. The molecule has 3 atom stereocenters. The molecule has 3 aliphatic rings. The first kappa shape index (κ1) is 22.9. The zero-order valence-corrected chi connectivity index (χ0v) is 17.7. The number of aliphatic hydroxyl groups is 1. The maximum absolute atomic E-state index is 12.3. The Balaban J connectivity index is 1.47. The van der Waals surface area contributed by atoms with Crippen molar-refractivity contribution in [1.82, 2.24) is 14.7 Å². The van der Waals surface area contributed by atoms with Crippen LogP contribution >= 0.6 is 0 Å². The Labute approximate surface area is 177 Å². The van der Waals surface area contributed by atoms with E-state index in [0.29, 0.717) is 25.7 Å². The quantitative estimate of drug-likeness (QED) is 0.196. The van der Waals surface area contributed by atoms with Crippen LogP contribution < -0.4 is 0 Å². The second kappa shape index (κ2) is 10.5. The first-order chi connectivity index (χ1) is 14.4. The normalized spacial score (nSPS) is 24.6. The second-order valence-corrected chi connectivity index (χ2v) is 8.41. The molecule has 0 aromatic rings. The Kier molecular flexibility index (Phi) is 8.04. The number of carbonyl (C=O) groups excluding carboxylic acids is 3. The van der Waals surface area contributed by atoms with Crippen LogP contribution in [-0.2, 0) is 28.6 Å². The number of aliphatic hydroxyl groups excluding tert-OH is 1. The molecule has 0 bridgehead atoms. The van der Waals surface area contributed by atoms with Gasteiger partial charge in [-0.1, -0.05) is 0 Å². The molecule has 170 valence electrons. The summed E-state index contributed by atoms with van der Waals surface area (Å²) in [7, 11) is 0. The van der Waals surface area contributed by atoms with Crippen molar-refractivity contribution in [3.05, 3.63) is 0 Å². The van der Waals surface area contributed by atoms with Gasteiger partial charge in [-0.3, -0.25) is 19.3 Å². The number of carbonyl (C=O) groups is 3. The molecule has 1 N–H and O–H groups in total. The third-order valence-corrected chi connectivity index (χ3v) is 5.55. The molecule has 3 rings (SSSR count). The van der Waals surface area contributed by atoms with Gasteiger partial charge in [0.1, 0.15) is 13.2 Å². The highest BCUT2D eigenvalue weighted by Crippen LogP contribution is 2.18. The average molecular weight is 427 g/mol. The minimum atomic E-state index is -1.59. The maximum atomic E-state index is 12.3. The van der Waals surface area contributed by atoms with Crippen molar-refractivity contribution in [3.8, 4) is 0 Å². The molecule has 0 saturated carbocycles. The van der Waals surface area contributed by atoms with Crippen LogP contribution in [0.5, 0.6) is 0 Å². The molecule has 3 unspecified atom stereocenters. The van der Waals surface area contributed by atoms with Crippen molar-refractivity contribution in [2.45, 2.75) is 37.8 Å². The van der Waals surface area contributed by atoms with E-state index in [1.807, 2.05) is 0 Å². The summed E-state index contributed by atoms with van der Waals surface area (Å²) in [6, 6.07) is 0.490. The van der Waals surface area contributed by atoms with Crippen LogP contribution in [0.15, 0.2) is 0 Å². The number of hydrogen-bond donors (Lipinski definition) is 1. The number of ether oxygens (including phenoxy) is 3. The van der Waals surface area contributed by atoms with E-state index in [-0.39, 0.29) is 32.5 Å². The molecule has 0 amide bonds. The van der Waals surface area contributed by atoms with E-state index in [9.17, 15) is 19.5 Å². The SMILES string of the molecule is CC1CN1CCC(=O)OCC(CO)(COC(=O)CCN1CC1)OC(=O)CCN1CC1. The molecular weight excluding hydrogens is 394 g/mol. The van der Waals surface area contributed by atoms with Crippen LogP contribution in [0.3, 0.4) is 0 Å². The van der Waals surface area contributed by atoms with Gasteiger partial charge in [0.2, 0.25) is 5.60 Å². The monoisotopic (exact) mass is 427 g/mol. The van der Waals surface area contributed by atoms with Gasteiger partial charge in [-0.2, -0.15) is 0 Å². The molecule has 3 saturated heterocycles. The predicted octanol–water partition coefficient (Wildman–Crippen LogP) is -1.15. The fourth-order valence-corrected chi connectivity index (χ4v) is 3.01. The summed E-state index contributed by atoms with van der Waals surface area (Å²) in [5.74, 6) is -1.41. The van der Waals surface area contributed by atoms with Crippen molar-refractivity contribution in [2.75, 3.05) is 72.2 Å². The summed E-state index contributed by atoms with van der Waals surface area (Å²) in [6.07, 6.45) is 0.591. The molecular formula is C20H33N3O7. The van der Waals surface area contributed by atoms with E-state index < -0.39 is 30.1 Å². The second-order valence-electron chi connectivity index (χ2n) is 8.41. The van der Waals surface area contributed by atoms with Gasteiger partial charge >= 0.3 is 17.9 Å². The van der Waals surface area contributed by atoms with Crippen LogP contribution in [0, 0.1) is 0 Å². The molecule has 3 aliphatic heterocycles. The Hall–Kier alpha value is -1.75. The van der Waals surface area contributed by atoms with Gasteiger partial charge in [0.05, 0.1) is 25.9 Å². The van der Waals surface area contributed by atoms with E-state index in [4.69, 9.17) is 14.2 Å². The van der Waals surface area contributed by atoms with E-state index >= 15 is 0 Å². The summed E-state index contributed by atoms with van der Waals surface area (Å²) < 4.78 is 16.0. The fourth-order valence-electron chi connectivity index (χ4n) is 3.01. The minimum absolute atomic E-state index is 0.158. The topological polar surface area (TPSA) is 108 Å². The van der Waals surface area contributed by atoms with Crippen molar-refractivity contribution in [1.29, 1.82) is 0 Å². The average Bonchev–Trinajstić information content (AvgIpc) is 3.59. The number of nitrogens with zero attached hydrogens (tertiary/aromatic N) is 3. The molecule has 0 radical (unpaired) electrons. The first-order valence-corrected chi connectivity index (χ1v) is 10.7. The maximum Gasteiger partial charge on any atom is 0.307 e. The first-order valence-electron chi connectivity index (χ1n) is 10.7. The molecule has 0 aromatic heterocycles. The van der Waals surface area contributed by atoms with Crippen LogP contribution in [0.25, 0.3) is 0 Å². The van der Waals surface area contributed by atoms with Gasteiger partial charge in [-0.15, -0.1) is 0 Å². The minimum Gasteiger partial charge on any atom is -0.461 e. The van der Waals surface area contributed by atoms with Gasteiger partial charge in [0.25, 0.3) is 0 Å². The molecule has 0 aliphatic carbocycles. The van der Waals surface area contributed by atoms with Gasteiger partial charge < -0.3 is 29.1 Å². The lowest BCUT2D eigenvalue weighted by atomic mass is 10.1. The molecule has 10 heteroatoms. The van der Waals surface area contributed by atoms with Gasteiger partial charge in [-0.25, -0.2) is 0 Å². The molecule has 3 heterocycles. The molecule has 0 aromatic carbocycles. The summed E-state index contributed by atoms with van der Waals surface area (Å²) in [4.78, 5) is 42.7. The Bertz CT molecular complexity index is 624. The van der Waals surface area contributed by atoms with Gasteiger partial charge in [-0.05, 0) is 6.92 Å².